The molecule has 2 aromatic heterocycles. The Hall–Kier alpha value is -2.15. The minimum atomic E-state index is 0.325. The largest absolute Gasteiger partial charge is 0.368 e. The van der Waals surface area contributed by atoms with Crippen molar-refractivity contribution in [1.82, 2.24) is 20.4 Å². The second-order valence-electron chi connectivity index (χ2n) is 5.79. The summed E-state index contributed by atoms with van der Waals surface area (Å²) in [5.74, 6) is 1.23. The molecule has 1 atom stereocenters. The van der Waals surface area contributed by atoms with Crippen LogP contribution in [0.2, 0.25) is 0 Å². The quantitative estimate of drug-likeness (QED) is 0.704. The summed E-state index contributed by atoms with van der Waals surface area (Å²) in [5, 5.41) is 6.63. The lowest BCUT2D eigenvalue weighted by Gasteiger charge is -2.18. The summed E-state index contributed by atoms with van der Waals surface area (Å²) >= 11 is 0. The average molecular weight is 302 g/mol. The van der Waals surface area contributed by atoms with Gasteiger partial charge in [-0.2, -0.15) is 10.1 Å². The fourth-order valence-electron chi connectivity index (χ4n) is 3.02. The number of nitrogens with one attached hydrogen (secondary N) is 2. The van der Waals surface area contributed by atoms with Crippen molar-refractivity contribution in [3.8, 4) is 11.3 Å². The van der Waals surface area contributed by atoms with Gasteiger partial charge in [-0.3, -0.25) is 0 Å². The third kappa shape index (κ3) is 2.76. The molecular weight excluding hydrogens is 278 g/mol. The summed E-state index contributed by atoms with van der Waals surface area (Å²) in [5.41, 5.74) is 9.07. The van der Waals surface area contributed by atoms with Crippen LogP contribution in [0.25, 0.3) is 11.3 Å². The van der Waals surface area contributed by atoms with Crippen LogP contribution >= 0.6 is 0 Å². The number of nitrogen functional groups attached to an aromatic ring is 1. The van der Waals surface area contributed by atoms with Crippen LogP contribution in [0.1, 0.15) is 19.0 Å². The van der Waals surface area contributed by atoms with Gasteiger partial charge in [0, 0.05) is 25.2 Å². The summed E-state index contributed by atoms with van der Waals surface area (Å²) in [6.45, 7) is 4.07. The molecule has 1 aliphatic heterocycles. The van der Waals surface area contributed by atoms with Gasteiger partial charge in [-0.25, -0.2) is 4.98 Å². The highest BCUT2D eigenvalue weighted by molar-refractivity contribution is 5.65. The molecule has 118 valence electrons. The van der Waals surface area contributed by atoms with E-state index < -0.39 is 0 Å². The summed E-state index contributed by atoms with van der Waals surface area (Å²) in [4.78, 5) is 11.1. The van der Waals surface area contributed by atoms with E-state index in [9.17, 15) is 0 Å². The highest BCUT2D eigenvalue weighted by Crippen LogP contribution is 2.26. The van der Waals surface area contributed by atoms with Crippen LogP contribution in [0.3, 0.4) is 0 Å². The van der Waals surface area contributed by atoms with Gasteiger partial charge in [0.25, 0.3) is 0 Å². The van der Waals surface area contributed by atoms with Crippen molar-refractivity contribution in [2.45, 2.75) is 25.8 Å². The molecule has 1 aliphatic rings. The smallest absolute Gasteiger partial charge is 0.222 e. The number of H-pyrrole nitrogens is 1. The number of rotatable bonds is 4. The lowest BCUT2D eigenvalue weighted by atomic mass is 10.1. The van der Waals surface area contributed by atoms with Gasteiger partial charge in [0.1, 0.15) is 5.82 Å². The molecule has 0 spiro atoms. The standard InChI is InChI=1S/C15H23N7/c1-4-12-11(9-21(3)20-12)13-7-14(19-15(16)18-13)22-6-5-10(8-22)17-2/h7,9-10,17H,4-6,8H2,1-3H3,(H2,16,18,19)/p+1/t10-/m1/s1. The molecule has 3 heterocycles. The van der Waals surface area contributed by atoms with Gasteiger partial charge >= 0.3 is 0 Å². The Bertz CT molecular complexity index is 664. The van der Waals surface area contributed by atoms with Gasteiger partial charge in [-0.05, 0) is 19.9 Å². The molecule has 1 saturated heterocycles. The van der Waals surface area contributed by atoms with Gasteiger partial charge in [-0.15, -0.1) is 4.68 Å². The van der Waals surface area contributed by atoms with Crippen LogP contribution in [0.15, 0.2) is 12.3 Å². The molecule has 7 heteroatoms. The molecule has 0 bridgehead atoms. The first kappa shape index (κ1) is 14.8. The number of likely N-dealkylation sites (N-methyl/N-ethyl adjacent to an activating group) is 1. The van der Waals surface area contributed by atoms with E-state index in [-0.39, 0.29) is 0 Å². The van der Waals surface area contributed by atoms with Gasteiger partial charge < -0.3 is 16.0 Å². The lowest BCUT2D eigenvalue weighted by Crippen LogP contribution is -2.30. The van der Waals surface area contributed by atoms with E-state index in [0.29, 0.717) is 12.0 Å². The Kier molecular flexibility index (Phi) is 3.98. The minimum absolute atomic E-state index is 0.325. The molecule has 0 amide bonds. The fourth-order valence-corrected chi connectivity index (χ4v) is 3.02. The highest BCUT2D eigenvalue weighted by Gasteiger charge is 2.24. The average Bonchev–Trinajstić information content (AvgIpc) is 3.12. The summed E-state index contributed by atoms with van der Waals surface area (Å²) in [6, 6.07) is 2.55. The van der Waals surface area contributed by atoms with Crippen molar-refractivity contribution >= 4 is 11.8 Å². The molecule has 0 saturated carbocycles. The summed E-state index contributed by atoms with van der Waals surface area (Å²) in [7, 11) is 3.98. The van der Waals surface area contributed by atoms with Crippen molar-refractivity contribution < 1.29 is 4.68 Å². The number of nitrogens with zero attached hydrogens (tertiary/aromatic N) is 4. The van der Waals surface area contributed by atoms with E-state index in [1.54, 1.807) is 0 Å². The summed E-state index contributed by atoms with van der Waals surface area (Å²) in [6.07, 6.45) is 4.08. The van der Waals surface area contributed by atoms with E-state index in [1.165, 1.54) is 0 Å². The van der Waals surface area contributed by atoms with Crippen molar-refractivity contribution in [2.24, 2.45) is 7.05 Å². The Morgan fingerprint density at radius 1 is 1.50 bits per heavy atom. The normalized spacial score (nSPS) is 18.1. The minimum Gasteiger partial charge on any atom is -0.368 e. The van der Waals surface area contributed by atoms with Crippen molar-refractivity contribution in [3.63, 3.8) is 0 Å². The van der Waals surface area contributed by atoms with Crippen LogP contribution in [-0.2, 0) is 13.5 Å². The second kappa shape index (κ2) is 5.92. The summed E-state index contributed by atoms with van der Waals surface area (Å²) < 4.78 is 1.94. The van der Waals surface area contributed by atoms with Crippen LogP contribution in [-0.4, -0.2) is 41.2 Å². The first-order valence-corrected chi connectivity index (χ1v) is 7.75. The van der Waals surface area contributed by atoms with Crippen molar-refractivity contribution in [3.05, 3.63) is 18.0 Å². The maximum Gasteiger partial charge on any atom is 0.222 e. The van der Waals surface area contributed by atoms with Crippen molar-refractivity contribution in [2.75, 3.05) is 30.8 Å². The van der Waals surface area contributed by atoms with E-state index in [1.807, 2.05) is 31.0 Å². The van der Waals surface area contributed by atoms with Crippen LogP contribution < -0.4 is 20.6 Å². The maximum absolute atomic E-state index is 5.95. The number of aromatic nitrogens is 4. The zero-order valence-corrected chi connectivity index (χ0v) is 13.4. The molecule has 7 nitrogen and oxygen atoms in total. The molecule has 0 unspecified atom stereocenters. The molecular formula is C15H24N7+. The molecule has 2 aromatic rings. The van der Waals surface area contributed by atoms with E-state index in [2.05, 4.69) is 32.2 Å². The van der Waals surface area contributed by atoms with Crippen LogP contribution in [0.5, 0.6) is 0 Å². The molecule has 22 heavy (non-hydrogen) atoms. The first-order chi connectivity index (χ1) is 10.6. The van der Waals surface area contributed by atoms with E-state index >= 15 is 0 Å². The Balaban J connectivity index is 1.96. The number of anilines is 2. The maximum atomic E-state index is 5.95. The number of aryl methyl sites for hydroxylation is 2. The number of hydrogen-bond acceptors (Lipinski definition) is 5. The molecule has 0 radical (unpaired) electrons. The molecule has 1 fully saturated rings. The Morgan fingerprint density at radius 3 is 3.00 bits per heavy atom. The van der Waals surface area contributed by atoms with Gasteiger partial charge in [-0.1, -0.05) is 6.92 Å². The highest BCUT2D eigenvalue weighted by atomic mass is 15.3. The fraction of sp³-hybridized carbons (Fsp3) is 0.533. The van der Waals surface area contributed by atoms with Crippen LogP contribution in [0.4, 0.5) is 11.8 Å². The molecule has 3 rings (SSSR count). The number of hydrogen-bond donors (Lipinski definition) is 3. The number of aromatic amines is 1. The molecule has 0 aliphatic carbocycles. The third-order valence-corrected chi connectivity index (χ3v) is 4.24. The van der Waals surface area contributed by atoms with Gasteiger partial charge in [0.15, 0.2) is 7.05 Å². The molecule has 0 aromatic carbocycles. The predicted octanol–water partition coefficient (Wildman–Crippen LogP) is 0.239. The van der Waals surface area contributed by atoms with Crippen molar-refractivity contribution in [1.29, 1.82) is 0 Å². The number of nitrogens with two attached hydrogens (primary N) is 1. The topological polar surface area (TPSA) is 86.7 Å². The predicted molar refractivity (Wildman–Crippen MR) is 86.5 cm³/mol. The third-order valence-electron chi connectivity index (χ3n) is 4.24. The van der Waals surface area contributed by atoms with E-state index in [0.717, 1.165) is 48.7 Å². The SMILES string of the molecule is CCc1[nH][n+](C)cc1-c1cc(N2CC[C@@H](NC)C2)nc(N)n1. The monoisotopic (exact) mass is 302 g/mol. The Morgan fingerprint density at radius 2 is 2.32 bits per heavy atom. The zero-order chi connectivity index (χ0) is 15.7. The van der Waals surface area contributed by atoms with E-state index in [4.69, 9.17) is 5.73 Å². The van der Waals surface area contributed by atoms with Crippen LogP contribution in [0, 0.1) is 0 Å². The lowest BCUT2D eigenvalue weighted by molar-refractivity contribution is -0.727. The van der Waals surface area contributed by atoms with Gasteiger partial charge in [0.2, 0.25) is 12.1 Å². The molecule has 4 N–H and O–H groups in total. The Labute approximate surface area is 130 Å². The first-order valence-electron chi connectivity index (χ1n) is 7.75. The zero-order valence-electron chi connectivity index (χ0n) is 13.4. The second-order valence-corrected chi connectivity index (χ2v) is 5.79. The van der Waals surface area contributed by atoms with Gasteiger partial charge in [0.05, 0.1) is 17.0 Å².